The number of hydrogen-bond acceptors (Lipinski definition) is 6. The van der Waals surface area contributed by atoms with Gasteiger partial charge in [-0.25, -0.2) is 0 Å². The number of pyridine rings is 1. The minimum atomic E-state index is -0.0297. The molecule has 1 atom stereocenters. The van der Waals surface area contributed by atoms with Crippen LogP contribution in [0.15, 0.2) is 36.5 Å². The molecule has 4 heterocycles. The molecule has 1 aliphatic rings. The Hall–Kier alpha value is -3.03. The highest BCUT2D eigenvalue weighted by Crippen LogP contribution is 2.17. The van der Waals surface area contributed by atoms with Gasteiger partial charge in [0.05, 0.1) is 0 Å². The lowest BCUT2D eigenvalue weighted by Gasteiger charge is -2.17. The highest BCUT2D eigenvalue weighted by atomic mass is 16.2. The molecule has 3 aromatic rings. The van der Waals surface area contributed by atoms with Crippen molar-refractivity contribution in [2.75, 3.05) is 18.4 Å². The third kappa shape index (κ3) is 2.66. The van der Waals surface area contributed by atoms with Crippen LogP contribution in [0.25, 0.3) is 5.65 Å². The highest BCUT2D eigenvalue weighted by molar-refractivity contribution is 5.92. The average molecular weight is 323 g/mol. The zero-order valence-corrected chi connectivity index (χ0v) is 13.3. The van der Waals surface area contributed by atoms with Crippen LogP contribution in [0.3, 0.4) is 0 Å². The van der Waals surface area contributed by atoms with Crippen molar-refractivity contribution in [3.63, 3.8) is 0 Å². The first kappa shape index (κ1) is 14.6. The van der Waals surface area contributed by atoms with Crippen LogP contribution in [0.1, 0.15) is 22.7 Å². The number of aryl methyl sites for hydroxylation is 1. The van der Waals surface area contributed by atoms with Gasteiger partial charge in [0, 0.05) is 25.3 Å². The van der Waals surface area contributed by atoms with Gasteiger partial charge in [-0.3, -0.25) is 9.78 Å². The summed E-state index contributed by atoms with van der Waals surface area (Å²) in [5, 5.41) is 15.9. The first-order valence-corrected chi connectivity index (χ1v) is 7.86. The van der Waals surface area contributed by atoms with E-state index >= 15 is 0 Å². The van der Waals surface area contributed by atoms with E-state index in [2.05, 4.69) is 25.6 Å². The molecule has 0 bridgehead atoms. The molecule has 1 N–H and O–H groups in total. The van der Waals surface area contributed by atoms with Gasteiger partial charge in [0.2, 0.25) is 0 Å². The second-order valence-electron chi connectivity index (χ2n) is 5.83. The number of nitrogens with zero attached hydrogens (tertiary/aromatic N) is 6. The van der Waals surface area contributed by atoms with Gasteiger partial charge < -0.3 is 10.2 Å². The third-order valence-corrected chi connectivity index (χ3v) is 4.13. The van der Waals surface area contributed by atoms with Gasteiger partial charge in [0.25, 0.3) is 5.91 Å². The number of carbonyl (C=O) groups is 1. The van der Waals surface area contributed by atoms with Crippen LogP contribution in [0, 0.1) is 6.92 Å². The summed E-state index contributed by atoms with van der Waals surface area (Å²) in [7, 11) is 0. The van der Waals surface area contributed by atoms with Crippen molar-refractivity contribution in [3.05, 3.63) is 48.0 Å². The predicted octanol–water partition coefficient (Wildman–Crippen LogP) is 1.15. The van der Waals surface area contributed by atoms with Gasteiger partial charge in [-0.05, 0) is 37.6 Å². The molecule has 0 saturated carbocycles. The molecular weight excluding hydrogens is 306 g/mol. The smallest absolute Gasteiger partial charge is 0.272 e. The Morgan fingerprint density at radius 1 is 1.25 bits per heavy atom. The number of fused-ring (bicyclic) bond motifs is 1. The summed E-state index contributed by atoms with van der Waals surface area (Å²) < 4.78 is 1.70. The molecule has 122 valence electrons. The minimum absolute atomic E-state index is 0.0297. The Balaban J connectivity index is 1.44. The molecule has 1 saturated heterocycles. The molecule has 1 amide bonds. The lowest BCUT2D eigenvalue weighted by molar-refractivity contribution is 0.0786. The minimum Gasteiger partial charge on any atom is -0.364 e. The summed E-state index contributed by atoms with van der Waals surface area (Å²) >= 11 is 0. The van der Waals surface area contributed by atoms with E-state index in [1.165, 1.54) is 0 Å². The van der Waals surface area contributed by atoms with Gasteiger partial charge in [-0.2, -0.15) is 4.52 Å². The van der Waals surface area contributed by atoms with E-state index in [1.54, 1.807) is 22.8 Å². The van der Waals surface area contributed by atoms with Crippen molar-refractivity contribution in [1.82, 2.24) is 29.7 Å². The summed E-state index contributed by atoms with van der Waals surface area (Å²) in [4.78, 5) is 18.4. The van der Waals surface area contributed by atoms with Crippen LogP contribution in [-0.4, -0.2) is 54.7 Å². The molecule has 3 aromatic heterocycles. The summed E-state index contributed by atoms with van der Waals surface area (Å²) in [6.45, 7) is 3.21. The number of anilines is 1. The molecule has 1 unspecified atom stereocenters. The lowest BCUT2D eigenvalue weighted by Crippen LogP contribution is -2.32. The van der Waals surface area contributed by atoms with Crippen LogP contribution >= 0.6 is 0 Å². The van der Waals surface area contributed by atoms with Crippen LogP contribution in [0.2, 0.25) is 0 Å². The maximum Gasteiger partial charge on any atom is 0.272 e. The fourth-order valence-electron chi connectivity index (χ4n) is 2.90. The number of nitrogens with one attached hydrogen (secondary N) is 1. The number of rotatable bonds is 3. The van der Waals surface area contributed by atoms with Crippen molar-refractivity contribution in [3.8, 4) is 0 Å². The standard InChI is InChI=1S/C16H17N7O/c1-11-19-20-15-6-5-14(21-23(11)15)18-12-7-9-22(10-12)16(24)13-4-2-3-8-17-13/h2-6,8,12H,7,9-10H2,1H3,(H,18,21). The van der Waals surface area contributed by atoms with E-state index in [9.17, 15) is 4.79 Å². The van der Waals surface area contributed by atoms with Crippen LogP contribution < -0.4 is 5.32 Å². The molecular formula is C16H17N7O. The molecule has 24 heavy (non-hydrogen) atoms. The van der Waals surface area contributed by atoms with Gasteiger partial charge in [0.15, 0.2) is 11.5 Å². The second kappa shape index (κ2) is 5.88. The van der Waals surface area contributed by atoms with Crippen molar-refractivity contribution >= 4 is 17.4 Å². The molecule has 0 radical (unpaired) electrons. The fraction of sp³-hybridized carbons (Fsp3) is 0.312. The van der Waals surface area contributed by atoms with Crippen LogP contribution in [0.5, 0.6) is 0 Å². The summed E-state index contributed by atoms with van der Waals surface area (Å²) in [6.07, 6.45) is 2.51. The number of amides is 1. The highest BCUT2D eigenvalue weighted by Gasteiger charge is 2.27. The normalized spacial score (nSPS) is 17.4. The van der Waals surface area contributed by atoms with Gasteiger partial charge in [-0.15, -0.1) is 15.3 Å². The first-order valence-electron chi connectivity index (χ1n) is 7.86. The number of likely N-dealkylation sites (tertiary alicyclic amines) is 1. The van der Waals surface area contributed by atoms with E-state index in [1.807, 2.05) is 30.0 Å². The first-order chi connectivity index (χ1) is 11.7. The van der Waals surface area contributed by atoms with Gasteiger partial charge >= 0.3 is 0 Å². The Kier molecular flexibility index (Phi) is 3.56. The Morgan fingerprint density at radius 3 is 3.00 bits per heavy atom. The summed E-state index contributed by atoms with van der Waals surface area (Å²) in [6, 6.07) is 9.30. The van der Waals surface area contributed by atoms with E-state index in [0.29, 0.717) is 18.8 Å². The molecule has 4 rings (SSSR count). The molecule has 0 aromatic carbocycles. The molecule has 8 heteroatoms. The maximum atomic E-state index is 12.4. The Morgan fingerprint density at radius 2 is 2.17 bits per heavy atom. The Bertz CT molecular complexity index is 877. The van der Waals surface area contributed by atoms with E-state index < -0.39 is 0 Å². The summed E-state index contributed by atoms with van der Waals surface area (Å²) in [5.41, 5.74) is 1.20. The Labute approximate surface area is 138 Å². The van der Waals surface area contributed by atoms with Crippen molar-refractivity contribution in [1.29, 1.82) is 0 Å². The molecule has 0 aliphatic carbocycles. The van der Waals surface area contributed by atoms with Crippen LogP contribution in [0.4, 0.5) is 5.82 Å². The quantitative estimate of drug-likeness (QED) is 0.778. The van der Waals surface area contributed by atoms with Crippen molar-refractivity contribution in [2.45, 2.75) is 19.4 Å². The van der Waals surface area contributed by atoms with E-state index in [4.69, 9.17) is 0 Å². The second-order valence-corrected chi connectivity index (χ2v) is 5.83. The van der Waals surface area contributed by atoms with Crippen molar-refractivity contribution in [2.24, 2.45) is 0 Å². The van der Waals surface area contributed by atoms with E-state index in [-0.39, 0.29) is 11.9 Å². The summed E-state index contributed by atoms with van der Waals surface area (Å²) in [5.74, 6) is 1.47. The largest absolute Gasteiger partial charge is 0.364 e. The predicted molar refractivity (Wildman–Crippen MR) is 87.7 cm³/mol. The zero-order valence-electron chi connectivity index (χ0n) is 13.3. The molecule has 1 aliphatic heterocycles. The zero-order chi connectivity index (χ0) is 16.5. The van der Waals surface area contributed by atoms with Gasteiger partial charge in [0.1, 0.15) is 11.5 Å². The van der Waals surface area contributed by atoms with Crippen LogP contribution in [-0.2, 0) is 0 Å². The fourth-order valence-corrected chi connectivity index (χ4v) is 2.90. The average Bonchev–Trinajstić information content (AvgIpc) is 3.22. The molecule has 1 fully saturated rings. The monoisotopic (exact) mass is 323 g/mol. The van der Waals surface area contributed by atoms with E-state index in [0.717, 1.165) is 23.7 Å². The molecule has 8 nitrogen and oxygen atoms in total. The SMILES string of the molecule is Cc1nnc2ccc(NC3CCN(C(=O)c4ccccn4)C3)nn12. The molecule has 0 spiro atoms. The lowest BCUT2D eigenvalue weighted by atomic mass is 10.2. The van der Waals surface area contributed by atoms with Crippen molar-refractivity contribution < 1.29 is 4.79 Å². The number of carbonyl (C=O) groups excluding carboxylic acids is 1. The topological polar surface area (TPSA) is 88.3 Å². The third-order valence-electron chi connectivity index (χ3n) is 4.13. The number of hydrogen-bond donors (Lipinski definition) is 1. The number of aromatic nitrogens is 5. The van der Waals surface area contributed by atoms with Gasteiger partial charge in [-0.1, -0.05) is 6.07 Å². The maximum absolute atomic E-state index is 12.4.